The molecule has 1 N–H and O–H groups in total. The first-order valence-corrected chi connectivity index (χ1v) is 6.66. The summed E-state index contributed by atoms with van der Waals surface area (Å²) in [5, 5.41) is 9.92. The second kappa shape index (κ2) is 5.01. The van der Waals surface area contributed by atoms with E-state index in [1.54, 1.807) is 12.1 Å². The van der Waals surface area contributed by atoms with E-state index in [2.05, 4.69) is 13.8 Å². The minimum atomic E-state index is -0.0376. The summed E-state index contributed by atoms with van der Waals surface area (Å²) in [5.41, 5.74) is 1.39. The fourth-order valence-corrected chi connectivity index (χ4v) is 2.80. The lowest BCUT2D eigenvalue weighted by atomic mass is 10.1. The Morgan fingerprint density at radius 3 is 2.78 bits per heavy atom. The lowest BCUT2D eigenvalue weighted by Crippen LogP contribution is -2.39. The van der Waals surface area contributed by atoms with Crippen molar-refractivity contribution in [3.63, 3.8) is 0 Å². The number of hydrogen-bond donors (Lipinski definition) is 1. The van der Waals surface area contributed by atoms with Gasteiger partial charge in [0.1, 0.15) is 5.75 Å². The zero-order valence-corrected chi connectivity index (χ0v) is 11.3. The highest BCUT2D eigenvalue weighted by atomic mass is 16.3. The Morgan fingerprint density at radius 2 is 2.17 bits per heavy atom. The van der Waals surface area contributed by atoms with Crippen molar-refractivity contribution in [2.24, 2.45) is 0 Å². The largest absolute Gasteiger partial charge is 0.507 e. The summed E-state index contributed by atoms with van der Waals surface area (Å²) < 4.78 is 0. The molecule has 1 aromatic rings. The van der Waals surface area contributed by atoms with Gasteiger partial charge in [-0.25, -0.2) is 0 Å². The predicted molar refractivity (Wildman–Crippen MR) is 71.8 cm³/mol. The number of benzene rings is 1. The van der Waals surface area contributed by atoms with Crippen LogP contribution in [0, 0.1) is 6.92 Å². The molecule has 1 fully saturated rings. The van der Waals surface area contributed by atoms with E-state index in [4.69, 9.17) is 0 Å². The minimum absolute atomic E-state index is 0.0376. The second-order valence-corrected chi connectivity index (χ2v) is 5.22. The Labute approximate surface area is 108 Å². The lowest BCUT2D eigenvalue weighted by molar-refractivity contribution is 0.0673. The maximum atomic E-state index is 12.5. The molecule has 18 heavy (non-hydrogen) atoms. The summed E-state index contributed by atoms with van der Waals surface area (Å²) in [6, 6.07) is 5.82. The molecular formula is C15H21NO2. The van der Waals surface area contributed by atoms with Crippen molar-refractivity contribution in [1.29, 1.82) is 0 Å². The smallest absolute Gasteiger partial charge is 0.258 e. The molecule has 1 aromatic carbocycles. The van der Waals surface area contributed by atoms with E-state index in [0.29, 0.717) is 11.6 Å². The van der Waals surface area contributed by atoms with E-state index in [1.807, 2.05) is 17.9 Å². The number of carbonyl (C=O) groups is 1. The van der Waals surface area contributed by atoms with Gasteiger partial charge in [-0.2, -0.15) is 0 Å². The minimum Gasteiger partial charge on any atom is -0.507 e. The van der Waals surface area contributed by atoms with Crippen molar-refractivity contribution in [3.8, 4) is 5.75 Å². The first kappa shape index (κ1) is 12.9. The van der Waals surface area contributed by atoms with Gasteiger partial charge in [0.2, 0.25) is 0 Å². The Kier molecular flexibility index (Phi) is 3.60. The molecule has 0 radical (unpaired) electrons. The number of likely N-dealkylation sites (tertiary alicyclic amines) is 1. The molecule has 2 rings (SSSR count). The van der Waals surface area contributed by atoms with E-state index in [1.165, 1.54) is 0 Å². The summed E-state index contributed by atoms with van der Waals surface area (Å²) in [6.45, 7) is 6.10. The molecule has 3 heteroatoms. The average molecular weight is 247 g/mol. The van der Waals surface area contributed by atoms with Gasteiger partial charge in [-0.3, -0.25) is 4.79 Å². The van der Waals surface area contributed by atoms with Crippen molar-refractivity contribution in [2.45, 2.75) is 52.1 Å². The highest BCUT2D eigenvalue weighted by Crippen LogP contribution is 2.30. The van der Waals surface area contributed by atoms with E-state index in [-0.39, 0.29) is 17.7 Å². The molecule has 0 bridgehead atoms. The van der Waals surface area contributed by atoms with Gasteiger partial charge < -0.3 is 10.0 Å². The van der Waals surface area contributed by atoms with Crippen molar-refractivity contribution in [2.75, 3.05) is 0 Å². The van der Waals surface area contributed by atoms with Crippen molar-refractivity contribution in [3.05, 3.63) is 29.3 Å². The van der Waals surface area contributed by atoms with Crippen LogP contribution in [0.25, 0.3) is 0 Å². The Bertz CT molecular complexity index is 456. The van der Waals surface area contributed by atoms with E-state index in [0.717, 1.165) is 24.8 Å². The first-order chi connectivity index (χ1) is 8.54. The van der Waals surface area contributed by atoms with Crippen molar-refractivity contribution in [1.82, 2.24) is 4.90 Å². The third-order valence-corrected chi connectivity index (χ3v) is 3.88. The van der Waals surface area contributed by atoms with Crippen molar-refractivity contribution >= 4 is 5.91 Å². The standard InChI is InChI=1S/C15H21NO2/c1-4-12-7-6-11(3)16(12)15(18)13-8-5-10(2)9-14(13)17/h5,8-9,11-12,17H,4,6-7H2,1-3H3. The molecule has 2 unspecified atom stereocenters. The number of phenolic OH excluding ortho intramolecular Hbond substituents is 1. The number of aromatic hydroxyl groups is 1. The van der Waals surface area contributed by atoms with Crippen LogP contribution in [0.4, 0.5) is 0 Å². The fourth-order valence-electron chi connectivity index (χ4n) is 2.80. The van der Waals surface area contributed by atoms with Crippen LogP contribution in [-0.4, -0.2) is 28.0 Å². The summed E-state index contributed by atoms with van der Waals surface area (Å²) in [4.78, 5) is 14.5. The molecule has 1 amide bonds. The number of nitrogens with zero attached hydrogens (tertiary/aromatic N) is 1. The highest BCUT2D eigenvalue weighted by molar-refractivity contribution is 5.97. The maximum Gasteiger partial charge on any atom is 0.258 e. The molecule has 0 spiro atoms. The van der Waals surface area contributed by atoms with Crippen LogP contribution < -0.4 is 0 Å². The van der Waals surface area contributed by atoms with E-state index >= 15 is 0 Å². The summed E-state index contributed by atoms with van der Waals surface area (Å²) in [7, 11) is 0. The molecule has 0 saturated carbocycles. The molecule has 1 aliphatic heterocycles. The first-order valence-electron chi connectivity index (χ1n) is 6.66. The monoisotopic (exact) mass is 247 g/mol. The molecule has 2 atom stereocenters. The zero-order valence-electron chi connectivity index (χ0n) is 11.3. The SMILES string of the molecule is CCC1CCC(C)N1C(=O)c1ccc(C)cc1O. The van der Waals surface area contributed by atoms with Gasteiger partial charge in [-0.1, -0.05) is 13.0 Å². The predicted octanol–water partition coefficient (Wildman–Crippen LogP) is 3.10. The summed E-state index contributed by atoms with van der Waals surface area (Å²) in [5.74, 6) is 0.0540. The normalized spacial score (nSPS) is 23.4. The number of hydrogen-bond acceptors (Lipinski definition) is 2. The van der Waals surface area contributed by atoms with Gasteiger partial charge in [-0.05, 0) is 50.8 Å². The Morgan fingerprint density at radius 1 is 1.44 bits per heavy atom. The molecule has 0 aliphatic carbocycles. The Balaban J connectivity index is 2.30. The molecule has 98 valence electrons. The van der Waals surface area contributed by atoms with Crippen LogP contribution in [0.2, 0.25) is 0 Å². The second-order valence-electron chi connectivity index (χ2n) is 5.22. The van der Waals surface area contributed by atoms with E-state index < -0.39 is 0 Å². The molecular weight excluding hydrogens is 226 g/mol. The van der Waals surface area contributed by atoms with Gasteiger partial charge >= 0.3 is 0 Å². The van der Waals surface area contributed by atoms with E-state index in [9.17, 15) is 9.90 Å². The number of carbonyl (C=O) groups excluding carboxylic acids is 1. The maximum absolute atomic E-state index is 12.5. The zero-order chi connectivity index (χ0) is 13.3. The quantitative estimate of drug-likeness (QED) is 0.872. The summed E-state index contributed by atoms with van der Waals surface area (Å²) in [6.07, 6.45) is 3.09. The van der Waals surface area contributed by atoms with Crippen molar-refractivity contribution < 1.29 is 9.90 Å². The van der Waals surface area contributed by atoms with Crippen LogP contribution in [-0.2, 0) is 0 Å². The highest BCUT2D eigenvalue weighted by Gasteiger charge is 2.34. The van der Waals surface area contributed by atoms with Gasteiger partial charge in [-0.15, -0.1) is 0 Å². The van der Waals surface area contributed by atoms with Crippen LogP contribution in [0.3, 0.4) is 0 Å². The number of rotatable bonds is 2. The van der Waals surface area contributed by atoms with Crippen LogP contribution in [0.5, 0.6) is 5.75 Å². The third kappa shape index (κ3) is 2.22. The molecule has 1 heterocycles. The molecule has 3 nitrogen and oxygen atoms in total. The van der Waals surface area contributed by atoms with Gasteiger partial charge in [0, 0.05) is 12.1 Å². The number of phenols is 1. The van der Waals surface area contributed by atoms with Gasteiger partial charge in [0.05, 0.1) is 5.56 Å². The van der Waals surface area contributed by atoms with Crippen LogP contribution in [0.1, 0.15) is 49.0 Å². The molecule has 1 aliphatic rings. The number of aryl methyl sites for hydroxylation is 1. The Hall–Kier alpha value is -1.51. The third-order valence-electron chi connectivity index (χ3n) is 3.88. The number of amides is 1. The average Bonchev–Trinajstić information content (AvgIpc) is 2.69. The molecule has 0 aromatic heterocycles. The fraction of sp³-hybridized carbons (Fsp3) is 0.533. The summed E-state index contributed by atoms with van der Waals surface area (Å²) >= 11 is 0. The molecule has 1 saturated heterocycles. The lowest BCUT2D eigenvalue weighted by Gasteiger charge is -2.28. The van der Waals surface area contributed by atoms with Gasteiger partial charge in [0.15, 0.2) is 0 Å². The van der Waals surface area contributed by atoms with Gasteiger partial charge in [0.25, 0.3) is 5.91 Å². The van der Waals surface area contributed by atoms with Crippen LogP contribution >= 0.6 is 0 Å². The topological polar surface area (TPSA) is 40.5 Å². The van der Waals surface area contributed by atoms with Crippen LogP contribution in [0.15, 0.2) is 18.2 Å².